The third-order valence-corrected chi connectivity index (χ3v) is 2.60. The number of urea groups is 1. The minimum Gasteiger partial charge on any atom is -0.492 e. The lowest BCUT2D eigenvalue weighted by Gasteiger charge is -2.08. The zero-order chi connectivity index (χ0) is 14.2. The van der Waals surface area contributed by atoms with E-state index in [2.05, 4.69) is 15.6 Å². The van der Waals surface area contributed by atoms with Gasteiger partial charge in [-0.1, -0.05) is 29.8 Å². The van der Waals surface area contributed by atoms with Crippen LogP contribution in [0.4, 0.5) is 10.6 Å². The normalized spacial score (nSPS) is 9.85. The summed E-state index contributed by atoms with van der Waals surface area (Å²) in [6.45, 7) is 0.779. The van der Waals surface area contributed by atoms with E-state index < -0.39 is 0 Å². The van der Waals surface area contributed by atoms with Crippen molar-refractivity contribution in [3.05, 3.63) is 53.7 Å². The average Bonchev–Trinajstić information content (AvgIpc) is 2.45. The molecule has 20 heavy (non-hydrogen) atoms. The minimum atomic E-state index is -0.351. The number of ether oxygens (including phenoxy) is 1. The Morgan fingerprint density at radius 3 is 2.80 bits per heavy atom. The van der Waals surface area contributed by atoms with Crippen LogP contribution in [0.3, 0.4) is 0 Å². The molecular formula is C14H14ClN3O2. The molecule has 2 amide bonds. The molecule has 0 fully saturated rings. The first kappa shape index (κ1) is 14.1. The molecule has 0 bridgehead atoms. The molecule has 0 unspecified atom stereocenters. The number of hydrogen-bond donors (Lipinski definition) is 2. The van der Waals surface area contributed by atoms with Crippen molar-refractivity contribution in [1.82, 2.24) is 10.3 Å². The fourth-order valence-corrected chi connectivity index (χ4v) is 1.64. The lowest BCUT2D eigenvalue weighted by Crippen LogP contribution is -2.32. The van der Waals surface area contributed by atoms with Crippen LogP contribution in [0.1, 0.15) is 0 Å². The van der Waals surface area contributed by atoms with Crippen LogP contribution in [0.15, 0.2) is 48.7 Å². The Labute approximate surface area is 121 Å². The Morgan fingerprint density at radius 2 is 2.05 bits per heavy atom. The van der Waals surface area contributed by atoms with Gasteiger partial charge < -0.3 is 10.1 Å². The molecule has 5 nitrogen and oxygen atoms in total. The molecule has 6 heteroatoms. The number of benzene rings is 1. The number of para-hydroxylation sites is 1. The molecule has 0 saturated heterocycles. The van der Waals surface area contributed by atoms with Crippen LogP contribution in [0, 0.1) is 0 Å². The van der Waals surface area contributed by atoms with E-state index in [0.717, 1.165) is 5.75 Å². The molecule has 0 radical (unpaired) electrons. The summed E-state index contributed by atoms with van der Waals surface area (Å²) in [7, 11) is 0. The van der Waals surface area contributed by atoms with Gasteiger partial charge in [0.15, 0.2) is 0 Å². The van der Waals surface area contributed by atoms with Gasteiger partial charge in [0.05, 0.1) is 6.54 Å². The van der Waals surface area contributed by atoms with Gasteiger partial charge in [-0.05, 0) is 24.3 Å². The highest BCUT2D eigenvalue weighted by Gasteiger charge is 2.02. The van der Waals surface area contributed by atoms with Gasteiger partial charge in [-0.2, -0.15) is 0 Å². The van der Waals surface area contributed by atoms with Crippen molar-refractivity contribution in [2.45, 2.75) is 0 Å². The Hall–Kier alpha value is -2.27. The molecule has 2 aromatic rings. The summed E-state index contributed by atoms with van der Waals surface area (Å²) in [6, 6.07) is 12.3. The highest BCUT2D eigenvalue weighted by molar-refractivity contribution is 6.30. The molecule has 0 aliphatic carbocycles. The van der Waals surface area contributed by atoms with E-state index in [0.29, 0.717) is 24.0 Å². The number of nitrogens with one attached hydrogen (secondary N) is 2. The van der Waals surface area contributed by atoms with Crippen LogP contribution in [0.5, 0.6) is 5.75 Å². The van der Waals surface area contributed by atoms with Gasteiger partial charge in [0, 0.05) is 11.2 Å². The number of aromatic nitrogens is 1. The van der Waals surface area contributed by atoms with Crippen molar-refractivity contribution in [3.63, 3.8) is 0 Å². The van der Waals surface area contributed by atoms with Crippen LogP contribution >= 0.6 is 11.6 Å². The third-order valence-electron chi connectivity index (χ3n) is 2.36. The number of halogens is 1. The van der Waals surface area contributed by atoms with Gasteiger partial charge in [-0.3, -0.25) is 5.32 Å². The molecule has 2 rings (SSSR count). The second-order valence-electron chi connectivity index (χ2n) is 3.90. The Balaban J connectivity index is 1.68. The van der Waals surface area contributed by atoms with Crippen molar-refractivity contribution in [2.24, 2.45) is 0 Å². The van der Waals surface area contributed by atoms with Crippen LogP contribution in [0.2, 0.25) is 5.02 Å². The zero-order valence-electron chi connectivity index (χ0n) is 10.7. The topological polar surface area (TPSA) is 63.2 Å². The number of anilines is 1. The summed E-state index contributed by atoms with van der Waals surface area (Å²) in [5.74, 6) is 1.17. The van der Waals surface area contributed by atoms with Crippen molar-refractivity contribution >= 4 is 23.4 Å². The largest absolute Gasteiger partial charge is 0.492 e. The number of hydrogen-bond acceptors (Lipinski definition) is 3. The predicted octanol–water partition coefficient (Wildman–Crippen LogP) is 2.94. The van der Waals surface area contributed by atoms with Crippen LogP contribution in [0.25, 0.3) is 0 Å². The first-order valence-corrected chi connectivity index (χ1v) is 6.46. The molecule has 0 atom stereocenters. The van der Waals surface area contributed by atoms with Crippen LogP contribution < -0.4 is 15.4 Å². The summed E-state index contributed by atoms with van der Waals surface area (Å²) >= 11 is 5.79. The number of carbonyl (C=O) groups is 1. The highest BCUT2D eigenvalue weighted by Crippen LogP contribution is 2.11. The molecule has 1 aromatic heterocycles. The van der Waals surface area contributed by atoms with Crippen molar-refractivity contribution in [2.75, 3.05) is 18.5 Å². The second kappa shape index (κ2) is 7.35. The van der Waals surface area contributed by atoms with Gasteiger partial charge in [0.25, 0.3) is 0 Å². The molecule has 1 aromatic carbocycles. The summed E-state index contributed by atoms with van der Waals surface area (Å²) in [5, 5.41) is 5.76. The maximum Gasteiger partial charge on any atom is 0.320 e. The summed E-state index contributed by atoms with van der Waals surface area (Å²) in [6.07, 6.45) is 1.52. The number of pyridine rings is 1. The van der Waals surface area contributed by atoms with Gasteiger partial charge in [0.1, 0.15) is 18.2 Å². The monoisotopic (exact) mass is 291 g/mol. The minimum absolute atomic E-state index is 0.351. The number of carbonyl (C=O) groups excluding carboxylic acids is 1. The predicted molar refractivity (Wildman–Crippen MR) is 78.2 cm³/mol. The lowest BCUT2D eigenvalue weighted by atomic mass is 10.3. The quantitative estimate of drug-likeness (QED) is 0.833. The second-order valence-corrected chi connectivity index (χ2v) is 4.34. The number of rotatable bonds is 5. The van der Waals surface area contributed by atoms with Gasteiger partial charge in [0.2, 0.25) is 0 Å². The summed E-state index contributed by atoms with van der Waals surface area (Å²) in [5.41, 5.74) is 0. The SMILES string of the molecule is O=C(NCCOc1ccccc1)Nc1cc(Cl)ccn1. The summed E-state index contributed by atoms with van der Waals surface area (Å²) in [4.78, 5) is 15.5. The van der Waals surface area contributed by atoms with E-state index in [1.54, 1.807) is 12.1 Å². The van der Waals surface area contributed by atoms with E-state index in [-0.39, 0.29) is 6.03 Å². The first-order chi connectivity index (χ1) is 9.74. The maximum absolute atomic E-state index is 11.6. The van der Waals surface area contributed by atoms with E-state index in [1.165, 1.54) is 6.20 Å². The van der Waals surface area contributed by atoms with Gasteiger partial charge in [-0.15, -0.1) is 0 Å². The lowest BCUT2D eigenvalue weighted by molar-refractivity contribution is 0.247. The highest BCUT2D eigenvalue weighted by atomic mass is 35.5. The molecule has 2 N–H and O–H groups in total. The van der Waals surface area contributed by atoms with Gasteiger partial charge in [-0.25, -0.2) is 9.78 Å². The molecule has 0 aliphatic rings. The van der Waals surface area contributed by atoms with E-state index in [1.807, 2.05) is 30.3 Å². The fourth-order valence-electron chi connectivity index (χ4n) is 1.48. The maximum atomic E-state index is 11.6. The zero-order valence-corrected chi connectivity index (χ0v) is 11.4. The van der Waals surface area contributed by atoms with Crippen LogP contribution in [-0.2, 0) is 0 Å². The standard InChI is InChI=1S/C14H14ClN3O2/c15-11-6-7-16-13(10-11)18-14(19)17-8-9-20-12-4-2-1-3-5-12/h1-7,10H,8-9H2,(H2,16,17,18,19). The third kappa shape index (κ3) is 4.78. The Bertz CT molecular complexity index is 563. The van der Waals surface area contributed by atoms with E-state index in [4.69, 9.17) is 16.3 Å². The van der Waals surface area contributed by atoms with E-state index >= 15 is 0 Å². The Kier molecular flexibility index (Phi) is 5.20. The molecular weight excluding hydrogens is 278 g/mol. The molecule has 0 saturated carbocycles. The van der Waals surface area contributed by atoms with Crippen molar-refractivity contribution < 1.29 is 9.53 Å². The Morgan fingerprint density at radius 1 is 1.25 bits per heavy atom. The van der Waals surface area contributed by atoms with E-state index in [9.17, 15) is 4.79 Å². The van der Waals surface area contributed by atoms with Gasteiger partial charge >= 0.3 is 6.03 Å². The molecule has 0 aliphatic heterocycles. The summed E-state index contributed by atoms with van der Waals surface area (Å²) < 4.78 is 5.45. The molecule has 1 heterocycles. The smallest absolute Gasteiger partial charge is 0.320 e. The van der Waals surface area contributed by atoms with Crippen LogP contribution in [-0.4, -0.2) is 24.2 Å². The average molecular weight is 292 g/mol. The fraction of sp³-hybridized carbons (Fsp3) is 0.143. The van der Waals surface area contributed by atoms with Crippen molar-refractivity contribution in [1.29, 1.82) is 0 Å². The number of amides is 2. The number of nitrogens with zero attached hydrogens (tertiary/aromatic N) is 1. The van der Waals surface area contributed by atoms with Crippen molar-refractivity contribution in [3.8, 4) is 5.75 Å². The first-order valence-electron chi connectivity index (χ1n) is 6.08. The molecule has 104 valence electrons. The molecule has 0 spiro atoms.